The molecule has 0 saturated heterocycles. The molecular formula is C12H15N3O6. The third kappa shape index (κ3) is 4.58. The van der Waals surface area contributed by atoms with E-state index in [1.807, 2.05) is 6.92 Å². The summed E-state index contributed by atoms with van der Waals surface area (Å²) in [6.07, 6.45) is 0. The van der Waals surface area contributed by atoms with Crippen LogP contribution >= 0.6 is 0 Å². The molecule has 0 aromatic heterocycles. The van der Waals surface area contributed by atoms with Gasteiger partial charge in [-0.2, -0.15) is 0 Å². The summed E-state index contributed by atoms with van der Waals surface area (Å²) >= 11 is 0. The van der Waals surface area contributed by atoms with Gasteiger partial charge in [-0.15, -0.1) is 0 Å². The number of carbonyl (C=O) groups is 4. The van der Waals surface area contributed by atoms with Gasteiger partial charge in [0.25, 0.3) is 0 Å². The van der Waals surface area contributed by atoms with Crippen molar-refractivity contribution in [2.75, 3.05) is 6.54 Å². The Hall–Kier alpha value is -2.94. The predicted octanol–water partition coefficient (Wildman–Crippen LogP) is -0.754. The van der Waals surface area contributed by atoms with Crippen LogP contribution in [0, 0.1) is 0 Å². The third-order valence-electron chi connectivity index (χ3n) is 2.15. The molecule has 0 aliphatic carbocycles. The van der Waals surface area contributed by atoms with E-state index < -0.39 is 46.0 Å². The summed E-state index contributed by atoms with van der Waals surface area (Å²) < 4.78 is 0. The van der Waals surface area contributed by atoms with E-state index >= 15 is 0 Å². The minimum Gasteiger partial charge on any atom is -0.478 e. The monoisotopic (exact) mass is 297 g/mol. The van der Waals surface area contributed by atoms with Crippen LogP contribution in [0.25, 0.3) is 0 Å². The molecule has 114 valence electrons. The first kappa shape index (κ1) is 18.1. The molecule has 0 aliphatic heterocycles. The maximum Gasteiger partial charge on any atom is 0.336 e. The lowest BCUT2D eigenvalue weighted by atomic mass is 9.97. The maximum atomic E-state index is 11.0. The van der Waals surface area contributed by atoms with E-state index in [4.69, 9.17) is 27.4 Å². The van der Waals surface area contributed by atoms with E-state index in [1.165, 1.54) is 0 Å². The topological polar surface area (TPSA) is 187 Å². The summed E-state index contributed by atoms with van der Waals surface area (Å²) in [5, 5.41) is 17.7. The van der Waals surface area contributed by atoms with E-state index in [9.17, 15) is 19.2 Å². The molecule has 0 bridgehead atoms. The van der Waals surface area contributed by atoms with Crippen LogP contribution in [0.4, 0.5) is 0 Å². The number of amides is 2. The molecule has 9 heteroatoms. The van der Waals surface area contributed by atoms with Gasteiger partial charge in [-0.05, 0) is 18.7 Å². The van der Waals surface area contributed by atoms with Gasteiger partial charge < -0.3 is 27.4 Å². The Kier molecular flexibility index (Phi) is 6.54. The first-order valence-corrected chi connectivity index (χ1v) is 5.61. The molecule has 1 aromatic carbocycles. The highest BCUT2D eigenvalue weighted by atomic mass is 16.4. The Morgan fingerprint density at radius 2 is 1.10 bits per heavy atom. The number of carboxylic acid groups (broad SMARTS) is 2. The first-order valence-electron chi connectivity index (χ1n) is 5.61. The molecule has 0 saturated carbocycles. The Labute approximate surface area is 119 Å². The van der Waals surface area contributed by atoms with Gasteiger partial charge in [0.1, 0.15) is 0 Å². The van der Waals surface area contributed by atoms with Gasteiger partial charge in [0.15, 0.2) is 0 Å². The Bertz CT molecular complexity index is 499. The molecule has 9 nitrogen and oxygen atoms in total. The van der Waals surface area contributed by atoms with Gasteiger partial charge in [0, 0.05) is 0 Å². The summed E-state index contributed by atoms with van der Waals surface area (Å²) in [6, 6.07) is 1.43. The largest absolute Gasteiger partial charge is 0.478 e. The normalized spacial score (nSPS) is 9.24. The summed E-state index contributed by atoms with van der Waals surface area (Å²) in [6.45, 7) is 2.65. The second-order valence-electron chi connectivity index (χ2n) is 3.69. The quantitative estimate of drug-likeness (QED) is 0.483. The summed E-state index contributed by atoms with van der Waals surface area (Å²) in [5.41, 5.74) is 12.6. The summed E-state index contributed by atoms with van der Waals surface area (Å²) in [7, 11) is 0. The average molecular weight is 297 g/mol. The number of benzene rings is 1. The van der Waals surface area contributed by atoms with E-state index in [0.717, 1.165) is 12.6 Å². The van der Waals surface area contributed by atoms with Gasteiger partial charge in [-0.1, -0.05) is 6.92 Å². The number of primary amides is 2. The first-order chi connectivity index (χ1) is 9.67. The average Bonchev–Trinajstić information content (AvgIpc) is 2.37. The Balaban J connectivity index is 0.00000122. The zero-order valence-electron chi connectivity index (χ0n) is 11.1. The van der Waals surface area contributed by atoms with Crippen molar-refractivity contribution in [2.24, 2.45) is 17.2 Å². The second kappa shape index (κ2) is 7.60. The zero-order valence-corrected chi connectivity index (χ0v) is 11.1. The van der Waals surface area contributed by atoms with Crippen LogP contribution < -0.4 is 17.2 Å². The molecular weight excluding hydrogens is 282 g/mol. The second-order valence-corrected chi connectivity index (χ2v) is 3.69. The highest BCUT2D eigenvalue weighted by Crippen LogP contribution is 2.17. The minimum atomic E-state index is -1.54. The standard InChI is InChI=1S/C10H8N2O6.C2H7N/c11-7(13)3-1-4(8(12)14)6(10(17)18)2-5(3)9(15)16;1-2-3/h1-2H,(H2,11,13)(H2,12,14)(H,15,16)(H,17,18);2-3H2,1H3. The van der Waals surface area contributed by atoms with Crippen LogP contribution in [0.2, 0.25) is 0 Å². The lowest BCUT2D eigenvalue weighted by Gasteiger charge is -2.08. The smallest absolute Gasteiger partial charge is 0.336 e. The number of carbonyl (C=O) groups excluding carboxylic acids is 2. The van der Waals surface area contributed by atoms with E-state index in [2.05, 4.69) is 0 Å². The summed E-state index contributed by atoms with van der Waals surface area (Å²) in [5.74, 6) is -5.29. The fourth-order valence-electron chi connectivity index (χ4n) is 1.36. The molecule has 1 rings (SSSR count). The van der Waals surface area contributed by atoms with E-state index in [0.29, 0.717) is 6.07 Å². The van der Waals surface area contributed by atoms with Crippen molar-refractivity contribution in [1.82, 2.24) is 0 Å². The lowest BCUT2D eigenvalue weighted by Crippen LogP contribution is -2.22. The van der Waals surface area contributed by atoms with Crippen molar-refractivity contribution < 1.29 is 29.4 Å². The number of nitrogens with two attached hydrogens (primary N) is 3. The van der Waals surface area contributed by atoms with Crippen molar-refractivity contribution in [3.8, 4) is 0 Å². The lowest BCUT2D eigenvalue weighted by molar-refractivity contribution is 0.0689. The molecule has 0 spiro atoms. The van der Waals surface area contributed by atoms with Crippen LogP contribution in [-0.2, 0) is 0 Å². The molecule has 0 radical (unpaired) electrons. The molecule has 0 heterocycles. The zero-order chi connectivity index (χ0) is 16.7. The van der Waals surface area contributed by atoms with Crippen molar-refractivity contribution in [1.29, 1.82) is 0 Å². The SMILES string of the molecule is CCN.NC(=O)c1cc(C(N)=O)c(C(=O)O)cc1C(=O)O. The molecule has 0 aliphatic rings. The number of hydrogen-bond acceptors (Lipinski definition) is 5. The third-order valence-corrected chi connectivity index (χ3v) is 2.15. The Morgan fingerprint density at radius 3 is 1.29 bits per heavy atom. The van der Waals surface area contributed by atoms with E-state index in [1.54, 1.807) is 0 Å². The predicted molar refractivity (Wildman–Crippen MR) is 72.1 cm³/mol. The molecule has 0 unspecified atom stereocenters. The molecule has 1 aromatic rings. The van der Waals surface area contributed by atoms with Crippen LogP contribution in [0.15, 0.2) is 12.1 Å². The Morgan fingerprint density at radius 1 is 0.857 bits per heavy atom. The van der Waals surface area contributed by atoms with Crippen molar-refractivity contribution in [3.63, 3.8) is 0 Å². The van der Waals surface area contributed by atoms with Gasteiger partial charge in [-0.25, -0.2) is 9.59 Å². The highest BCUT2D eigenvalue weighted by Gasteiger charge is 2.23. The fraction of sp³-hybridized carbons (Fsp3) is 0.167. The van der Waals surface area contributed by atoms with Gasteiger partial charge in [0.05, 0.1) is 22.3 Å². The van der Waals surface area contributed by atoms with E-state index in [-0.39, 0.29) is 0 Å². The van der Waals surface area contributed by atoms with Crippen LogP contribution in [0.5, 0.6) is 0 Å². The summed E-state index contributed by atoms with van der Waals surface area (Å²) in [4.78, 5) is 43.8. The molecule has 21 heavy (non-hydrogen) atoms. The van der Waals surface area contributed by atoms with Crippen LogP contribution in [0.3, 0.4) is 0 Å². The number of hydrogen-bond donors (Lipinski definition) is 5. The minimum absolute atomic E-state index is 0.485. The number of aromatic carboxylic acids is 2. The van der Waals surface area contributed by atoms with Crippen LogP contribution in [-0.4, -0.2) is 40.5 Å². The van der Waals surface area contributed by atoms with Crippen LogP contribution in [0.1, 0.15) is 48.4 Å². The maximum absolute atomic E-state index is 11.0. The number of rotatable bonds is 4. The fourth-order valence-corrected chi connectivity index (χ4v) is 1.36. The molecule has 0 fully saturated rings. The van der Waals surface area contributed by atoms with Gasteiger partial charge in [-0.3, -0.25) is 9.59 Å². The molecule has 8 N–H and O–H groups in total. The highest BCUT2D eigenvalue weighted by molar-refractivity contribution is 6.11. The number of carboxylic acids is 2. The van der Waals surface area contributed by atoms with Crippen molar-refractivity contribution in [3.05, 3.63) is 34.4 Å². The molecule has 2 amide bonds. The van der Waals surface area contributed by atoms with Crippen molar-refractivity contribution in [2.45, 2.75) is 6.92 Å². The van der Waals surface area contributed by atoms with Gasteiger partial charge >= 0.3 is 11.9 Å². The van der Waals surface area contributed by atoms with Gasteiger partial charge in [0.2, 0.25) is 11.8 Å². The van der Waals surface area contributed by atoms with Crippen molar-refractivity contribution >= 4 is 23.8 Å². The molecule has 0 atom stereocenters.